The Balaban J connectivity index is 2.28. The monoisotopic (exact) mass is 184 g/mol. The van der Waals surface area contributed by atoms with Gasteiger partial charge in [0.25, 0.3) is 0 Å². The number of rotatable bonds is 1. The van der Waals surface area contributed by atoms with Crippen LogP contribution in [-0.2, 0) is 9.53 Å². The summed E-state index contributed by atoms with van der Waals surface area (Å²) in [5.74, 6) is -0.124. The summed E-state index contributed by atoms with van der Waals surface area (Å²) in [4.78, 5) is 10.9. The molecule has 2 heteroatoms. The van der Waals surface area contributed by atoms with Gasteiger partial charge in [0.2, 0.25) is 6.10 Å². The van der Waals surface area contributed by atoms with Gasteiger partial charge < -0.3 is 4.74 Å². The molecule has 0 amide bonds. The number of carbonyl (C=O) groups is 1. The van der Waals surface area contributed by atoms with Gasteiger partial charge >= 0.3 is 5.97 Å². The summed E-state index contributed by atoms with van der Waals surface area (Å²) in [5, 5.41) is 2.25. The van der Waals surface area contributed by atoms with Crippen LogP contribution in [0.5, 0.6) is 0 Å². The molecule has 0 N–H and O–H groups in total. The highest BCUT2D eigenvalue weighted by atomic mass is 16.6. The summed E-state index contributed by atoms with van der Waals surface area (Å²) >= 11 is 0. The van der Waals surface area contributed by atoms with Gasteiger partial charge in [0.15, 0.2) is 0 Å². The average molecular weight is 184 g/mol. The van der Waals surface area contributed by atoms with E-state index < -0.39 is 0 Å². The summed E-state index contributed by atoms with van der Waals surface area (Å²) in [6, 6.07) is 13.9. The fraction of sp³-hybridized carbons (Fsp3) is 0.0833. The fourth-order valence-electron chi connectivity index (χ4n) is 1.75. The van der Waals surface area contributed by atoms with Crippen molar-refractivity contribution in [3.05, 3.63) is 48.0 Å². The molecule has 1 unspecified atom stereocenters. The highest BCUT2D eigenvalue weighted by Crippen LogP contribution is 2.36. The molecule has 3 rings (SSSR count). The van der Waals surface area contributed by atoms with Crippen molar-refractivity contribution < 1.29 is 9.53 Å². The summed E-state index contributed by atoms with van der Waals surface area (Å²) in [7, 11) is 0. The molecule has 14 heavy (non-hydrogen) atoms. The van der Waals surface area contributed by atoms with Crippen LogP contribution in [0.2, 0.25) is 0 Å². The lowest BCUT2D eigenvalue weighted by Gasteiger charge is -2.00. The van der Waals surface area contributed by atoms with Crippen LogP contribution in [0, 0.1) is 0 Å². The molecular weight excluding hydrogens is 176 g/mol. The first-order chi connectivity index (χ1) is 6.86. The Morgan fingerprint density at radius 3 is 2.50 bits per heavy atom. The second-order valence-corrected chi connectivity index (χ2v) is 3.39. The minimum atomic E-state index is -0.318. The van der Waals surface area contributed by atoms with Gasteiger partial charge in [0.05, 0.1) is 0 Å². The standard InChI is InChI=1S/C12H8O2/c13-12-11(14-12)10-7-3-5-8-4-1-2-6-9(8)10/h1-7,11H. The summed E-state index contributed by atoms with van der Waals surface area (Å²) < 4.78 is 4.87. The molecule has 1 fully saturated rings. The van der Waals surface area contributed by atoms with Crippen LogP contribution in [0.4, 0.5) is 0 Å². The predicted molar refractivity (Wildman–Crippen MR) is 52.8 cm³/mol. The average Bonchev–Trinajstić information content (AvgIpc) is 2.95. The van der Waals surface area contributed by atoms with Crippen molar-refractivity contribution in [2.75, 3.05) is 0 Å². The predicted octanol–water partition coefficient (Wildman–Crippen LogP) is 2.44. The van der Waals surface area contributed by atoms with Crippen LogP contribution in [-0.4, -0.2) is 5.97 Å². The van der Waals surface area contributed by atoms with E-state index in [2.05, 4.69) is 0 Å². The van der Waals surface area contributed by atoms with Crippen LogP contribution >= 0.6 is 0 Å². The lowest BCUT2D eigenvalue weighted by atomic mass is 10.0. The number of hydrogen-bond donors (Lipinski definition) is 0. The third kappa shape index (κ3) is 1.01. The van der Waals surface area contributed by atoms with Crippen molar-refractivity contribution in [1.82, 2.24) is 0 Å². The first kappa shape index (κ1) is 7.56. The first-order valence-corrected chi connectivity index (χ1v) is 4.54. The number of cyclic esters (lactones) is 1. The van der Waals surface area contributed by atoms with Crippen LogP contribution < -0.4 is 0 Å². The molecule has 0 bridgehead atoms. The van der Waals surface area contributed by atoms with Gasteiger partial charge in [0, 0.05) is 5.56 Å². The third-order valence-electron chi connectivity index (χ3n) is 2.50. The molecule has 0 spiro atoms. The third-order valence-corrected chi connectivity index (χ3v) is 2.50. The van der Waals surface area contributed by atoms with Crippen molar-refractivity contribution in [1.29, 1.82) is 0 Å². The Morgan fingerprint density at radius 1 is 1.00 bits per heavy atom. The summed E-state index contributed by atoms with van der Waals surface area (Å²) in [6.07, 6.45) is -0.318. The molecule has 2 aromatic carbocycles. The van der Waals surface area contributed by atoms with Crippen molar-refractivity contribution in [3.63, 3.8) is 0 Å². The molecule has 0 aromatic heterocycles. The fourth-order valence-corrected chi connectivity index (χ4v) is 1.75. The van der Waals surface area contributed by atoms with Crippen molar-refractivity contribution in [2.24, 2.45) is 0 Å². The summed E-state index contributed by atoms with van der Waals surface area (Å²) in [6.45, 7) is 0. The normalized spacial score (nSPS) is 19.4. The Bertz CT molecular complexity index is 511. The second kappa shape index (κ2) is 2.58. The minimum absolute atomic E-state index is 0.124. The van der Waals surface area contributed by atoms with Crippen molar-refractivity contribution >= 4 is 16.7 Å². The SMILES string of the molecule is O=C1OC1c1cccc2ccccc12. The van der Waals surface area contributed by atoms with E-state index in [1.807, 2.05) is 42.5 Å². The largest absolute Gasteiger partial charge is 0.442 e. The molecule has 1 aliphatic rings. The van der Waals surface area contributed by atoms with Crippen molar-refractivity contribution in [2.45, 2.75) is 6.10 Å². The number of fused-ring (bicyclic) bond motifs is 1. The zero-order chi connectivity index (χ0) is 9.54. The molecule has 0 saturated carbocycles. The van der Waals surface area contributed by atoms with Gasteiger partial charge in [-0.05, 0) is 10.8 Å². The van der Waals surface area contributed by atoms with E-state index in [9.17, 15) is 4.79 Å². The lowest BCUT2D eigenvalue weighted by Crippen LogP contribution is -1.84. The number of epoxide rings is 1. The van der Waals surface area contributed by atoms with Crippen LogP contribution in [0.25, 0.3) is 10.8 Å². The van der Waals surface area contributed by atoms with Gasteiger partial charge in [-0.2, -0.15) is 0 Å². The molecular formula is C12H8O2. The molecule has 2 aromatic rings. The highest BCUT2D eigenvalue weighted by Gasteiger charge is 2.40. The second-order valence-electron chi connectivity index (χ2n) is 3.39. The van der Waals surface area contributed by atoms with Crippen LogP contribution in [0.15, 0.2) is 42.5 Å². The Morgan fingerprint density at radius 2 is 1.71 bits per heavy atom. The molecule has 1 heterocycles. The molecule has 1 saturated heterocycles. The number of hydrogen-bond acceptors (Lipinski definition) is 2. The molecule has 68 valence electrons. The molecule has 0 aliphatic carbocycles. The van der Waals surface area contributed by atoms with Gasteiger partial charge in [-0.1, -0.05) is 42.5 Å². The molecule has 1 aliphatic heterocycles. The molecule has 1 atom stereocenters. The van der Waals surface area contributed by atoms with Gasteiger partial charge in [0.1, 0.15) is 0 Å². The quantitative estimate of drug-likeness (QED) is 0.637. The minimum Gasteiger partial charge on any atom is -0.442 e. The van der Waals surface area contributed by atoms with Gasteiger partial charge in [-0.25, -0.2) is 4.79 Å². The van der Waals surface area contributed by atoms with E-state index in [1.54, 1.807) is 0 Å². The van der Waals surface area contributed by atoms with E-state index in [1.165, 1.54) is 0 Å². The Hall–Kier alpha value is -1.83. The number of ether oxygens (including phenoxy) is 1. The smallest absolute Gasteiger partial charge is 0.353 e. The zero-order valence-electron chi connectivity index (χ0n) is 7.44. The summed E-state index contributed by atoms with van der Waals surface area (Å²) in [5.41, 5.74) is 0.980. The van der Waals surface area contributed by atoms with Crippen LogP contribution in [0.3, 0.4) is 0 Å². The van der Waals surface area contributed by atoms with Crippen molar-refractivity contribution in [3.8, 4) is 0 Å². The van der Waals surface area contributed by atoms with Gasteiger partial charge in [-0.15, -0.1) is 0 Å². The Kier molecular flexibility index (Phi) is 1.39. The van der Waals surface area contributed by atoms with E-state index >= 15 is 0 Å². The van der Waals surface area contributed by atoms with E-state index in [-0.39, 0.29) is 12.1 Å². The van der Waals surface area contributed by atoms with Crippen LogP contribution in [0.1, 0.15) is 11.7 Å². The van der Waals surface area contributed by atoms with Gasteiger partial charge in [-0.3, -0.25) is 0 Å². The topological polar surface area (TPSA) is 29.6 Å². The molecule has 2 nitrogen and oxygen atoms in total. The Labute approximate surface area is 81.1 Å². The maximum absolute atomic E-state index is 10.9. The first-order valence-electron chi connectivity index (χ1n) is 4.54. The zero-order valence-corrected chi connectivity index (χ0v) is 7.44. The van der Waals surface area contributed by atoms with E-state index in [0.717, 1.165) is 16.3 Å². The lowest BCUT2D eigenvalue weighted by molar-refractivity contribution is -0.117. The maximum atomic E-state index is 10.9. The van der Waals surface area contributed by atoms with E-state index in [0.29, 0.717) is 0 Å². The number of carbonyl (C=O) groups excluding carboxylic acids is 1. The highest BCUT2D eigenvalue weighted by molar-refractivity contribution is 5.96. The maximum Gasteiger partial charge on any atom is 0.353 e. The van der Waals surface area contributed by atoms with E-state index in [4.69, 9.17) is 4.74 Å². The molecule has 0 radical (unpaired) electrons. The number of benzene rings is 2.